The molecule has 0 fully saturated rings. The summed E-state index contributed by atoms with van der Waals surface area (Å²) in [6, 6.07) is 11.0. The van der Waals surface area contributed by atoms with E-state index in [4.69, 9.17) is 11.6 Å². The number of para-hydroxylation sites is 1. The minimum absolute atomic E-state index is 0.157. The number of carbonyl (C=O) groups is 3. The second-order valence-electron chi connectivity index (χ2n) is 5.97. The number of halogens is 1. The summed E-state index contributed by atoms with van der Waals surface area (Å²) in [7, 11) is 0. The predicted octanol–water partition coefficient (Wildman–Crippen LogP) is 3.81. The summed E-state index contributed by atoms with van der Waals surface area (Å²) in [6.07, 6.45) is 0.723. The summed E-state index contributed by atoms with van der Waals surface area (Å²) in [4.78, 5) is 39.0. The third-order valence-electron chi connectivity index (χ3n) is 4.23. The van der Waals surface area contributed by atoms with Gasteiger partial charge >= 0.3 is 0 Å². The zero-order valence-corrected chi connectivity index (χ0v) is 16.2. The van der Waals surface area contributed by atoms with Crippen molar-refractivity contribution in [3.8, 4) is 0 Å². The van der Waals surface area contributed by atoms with Crippen LogP contribution in [0.5, 0.6) is 0 Å². The molecule has 0 unspecified atom stereocenters. The van der Waals surface area contributed by atoms with E-state index in [9.17, 15) is 14.4 Å². The highest BCUT2D eigenvalue weighted by Gasteiger charge is 2.38. The average molecular weight is 413 g/mol. The van der Waals surface area contributed by atoms with Gasteiger partial charge in [-0.1, -0.05) is 42.0 Å². The average Bonchev–Trinajstić information content (AvgIpc) is 3.25. The minimum atomic E-state index is -0.521. The van der Waals surface area contributed by atoms with Crippen molar-refractivity contribution in [1.29, 1.82) is 0 Å². The Bertz CT molecular complexity index is 1130. The number of benzene rings is 2. The highest BCUT2D eigenvalue weighted by Crippen LogP contribution is 2.33. The highest BCUT2D eigenvalue weighted by atomic mass is 35.5. The number of aryl methyl sites for hydroxylation is 1. The summed E-state index contributed by atoms with van der Waals surface area (Å²) >= 11 is 7.43. The summed E-state index contributed by atoms with van der Waals surface area (Å²) < 4.78 is 0. The standard InChI is InChI=1S/C19H13ClN4O3S/c1-2-15-22-23-19(28-15)21-16(25)10-7-8-11-12(9-10)18(27)24(17(11)26)14-6-4-3-5-13(14)20/h3-9H,2H2,1H3,(H,21,23,25). The number of nitrogens with one attached hydrogen (secondary N) is 1. The van der Waals surface area contributed by atoms with E-state index in [2.05, 4.69) is 15.5 Å². The molecule has 2 aromatic carbocycles. The lowest BCUT2D eigenvalue weighted by Gasteiger charge is -2.15. The molecule has 0 spiro atoms. The quantitative estimate of drug-likeness (QED) is 0.658. The number of carbonyl (C=O) groups excluding carboxylic acids is 3. The van der Waals surface area contributed by atoms with E-state index in [1.54, 1.807) is 24.3 Å². The number of anilines is 2. The van der Waals surface area contributed by atoms with Gasteiger partial charge in [-0.3, -0.25) is 19.7 Å². The predicted molar refractivity (Wildman–Crippen MR) is 106 cm³/mol. The molecule has 140 valence electrons. The lowest BCUT2D eigenvalue weighted by atomic mass is 10.1. The molecule has 0 saturated heterocycles. The van der Waals surface area contributed by atoms with Crippen LogP contribution in [0.1, 0.15) is 43.0 Å². The van der Waals surface area contributed by atoms with Gasteiger partial charge in [0.2, 0.25) is 5.13 Å². The van der Waals surface area contributed by atoms with E-state index >= 15 is 0 Å². The van der Waals surface area contributed by atoms with Crippen LogP contribution in [0.4, 0.5) is 10.8 Å². The van der Waals surface area contributed by atoms with Crippen LogP contribution in [0.3, 0.4) is 0 Å². The van der Waals surface area contributed by atoms with E-state index in [0.29, 0.717) is 10.8 Å². The van der Waals surface area contributed by atoms with Gasteiger partial charge in [-0.15, -0.1) is 10.2 Å². The molecule has 1 N–H and O–H groups in total. The maximum atomic E-state index is 12.8. The fourth-order valence-electron chi connectivity index (χ4n) is 2.85. The Hall–Kier alpha value is -3.10. The molecule has 0 saturated carbocycles. The minimum Gasteiger partial charge on any atom is -0.296 e. The first-order valence-electron chi connectivity index (χ1n) is 8.40. The van der Waals surface area contributed by atoms with Gasteiger partial charge < -0.3 is 0 Å². The largest absolute Gasteiger partial charge is 0.296 e. The molecule has 3 amide bonds. The molecule has 28 heavy (non-hydrogen) atoms. The molecule has 0 bridgehead atoms. The fraction of sp³-hybridized carbons (Fsp3) is 0.105. The fourth-order valence-corrected chi connectivity index (χ4v) is 3.75. The van der Waals surface area contributed by atoms with Crippen LogP contribution in [-0.2, 0) is 6.42 Å². The van der Waals surface area contributed by atoms with Crippen molar-refractivity contribution in [1.82, 2.24) is 10.2 Å². The van der Waals surface area contributed by atoms with Crippen molar-refractivity contribution in [2.75, 3.05) is 10.2 Å². The van der Waals surface area contributed by atoms with Crippen molar-refractivity contribution >= 4 is 51.5 Å². The Labute approximate surface area is 169 Å². The molecule has 3 aromatic rings. The van der Waals surface area contributed by atoms with Crippen LogP contribution in [0, 0.1) is 0 Å². The van der Waals surface area contributed by atoms with Gasteiger partial charge in [-0.05, 0) is 36.8 Å². The number of rotatable bonds is 4. The van der Waals surface area contributed by atoms with Gasteiger partial charge in [0.15, 0.2) is 0 Å². The molecular weight excluding hydrogens is 400 g/mol. The third-order valence-corrected chi connectivity index (χ3v) is 5.53. The Morgan fingerprint density at radius 3 is 2.57 bits per heavy atom. The first-order chi connectivity index (χ1) is 13.5. The monoisotopic (exact) mass is 412 g/mol. The van der Waals surface area contributed by atoms with E-state index in [1.807, 2.05) is 6.92 Å². The normalized spacial score (nSPS) is 13.0. The van der Waals surface area contributed by atoms with Crippen LogP contribution in [0.15, 0.2) is 42.5 Å². The Balaban J connectivity index is 1.63. The van der Waals surface area contributed by atoms with Crippen molar-refractivity contribution in [2.24, 2.45) is 0 Å². The van der Waals surface area contributed by atoms with Crippen molar-refractivity contribution in [3.05, 3.63) is 69.2 Å². The number of amides is 3. The first-order valence-corrected chi connectivity index (χ1v) is 9.60. The summed E-state index contributed by atoms with van der Waals surface area (Å²) in [6.45, 7) is 1.94. The number of imide groups is 1. The maximum absolute atomic E-state index is 12.8. The van der Waals surface area contributed by atoms with Gasteiger partial charge in [-0.2, -0.15) is 0 Å². The van der Waals surface area contributed by atoms with E-state index in [-0.39, 0.29) is 21.7 Å². The molecule has 7 nitrogen and oxygen atoms in total. The SMILES string of the molecule is CCc1nnc(NC(=O)c2ccc3c(c2)C(=O)N(c2ccccc2Cl)C3=O)s1. The van der Waals surface area contributed by atoms with E-state index in [0.717, 1.165) is 16.3 Å². The van der Waals surface area contributed by atoms with Crippen molar-refractivity contribution in [3.63, 3.8) is 0 Å². The van der Waals surface area contributed by atoms with Crippen LogP contribution < -0.4 is 10.2 Å². The Morgan fingerprint density at radius 1 is 1.11 bits per heavy atom. The lowest BCUT2D eigenvalue weighted by Crippen LogP contribution is -2.29. The molecule has 2 heterocycles. The topological polar surface area (TPSA) is 92.3 Å². The molecule has 1 aromatic heterocycles. The third kappa shape index (κ3) is 3.06. The summed E-state index contributed by atoms with van der Waals surface area (Å²) in [5.74, 6) is -1.43. The van der Waals surface area contributed by atoms with E-state index < -0.39 is 17.7 Å². The molecule has 0 aliphatic carbocycles. The molecule has 9 heteroatoms. The van der Waals surface area contributed by atoms with Crippen LogP contribution >= 0.6 is 22.9 Å². The number of fused-ring (bicyclic) bond motifs is 1. The number of nitrogens with zero attached hydrogens (tertiary/aromatic N) is 3. The molecular formula is C19H13ClN4O3S. The highest BCUT2D eigenvalue weighted by molar-refractivity contribution is 7.15. The number of hydrogen-bond acceptors (Lipinski definition) is 6. The van der Waals surface area contributed by atoms with Gasteiger partial charge in [0.1, 0.15) is 5.01 Å². The molecule has 0 radical (unpaired) electrons. The molecule has 4 rings (SSSR count). The zero-order chi connectivity index (χ0) is 19.8. The first kappa shape index (κ1) is 18.3. The van der Waals surface area contributed by atoms with Gasteiger partial charge in [0.25, 0.3) is 17.7 Å². The van der Waals surface area contributed by atoms with Gasteiger partial charge in [0.05, 0.1) is 21.8 Å². The molecule has 0 atom stereocenters. The van der Waals surface area contributed by atoms with Crippen LogP contribution in [0.2, 0.25) is 5.02 Å². The second kappa shape index (κ2) is 7.14. The van der Waals surface area contributed by atoms with Crippen LogP contribution in [0.25, 0.3) is 0 Å². The smallest absolute Gasteiger partial charge is 0.266 e. The second-order valence-corrected chi connectivity index (χ2v) is 7.44. The van der Waals surface area contributed by atoms with Gasteiger partial charge in [-0.25, -0.2) is 4.90 Å². The van der Waals surface area contributed by atoms with Gasteiger partial charge in [0, 0.05) is 5.56 Å². The zero-order valence-electron chi connectivity index (χ0n) is 14.6. The maximum Gasteiger partial charge on any atom is 0.266 e. The van der Waals surface area contributed by atoms with Crippen LogP contribution in [-0.4, -0.2) is 27.9 Å². The lowest BCUT2D eigenvalue weighted by molar-refractivity contribution is 0.0925. The van der Waals surface area contributed by atoms with Crippen molar-refractivity contribution < 1.29 is 14.4 Å². The Kier molecular flexibility index (Phi) is 4.66. The summed E-state index contributed by atoms with van der Waals surface area (Å²) in [5.41, 5.74) is 0.936. The van der Waals surface area contributed by atoms with Crippen molar-refractivity contribution in [2.45, 2.75) is 13.3 Å². The molecule has 1 aliphatic rings. The number of aromatic nitrogens is 2. The van der Waals surface area contributed by atoms with E-state index in [1.165, 1.54) is 29.5 Å². The summed E-state index contributed by atoms with van der Waals surface area (Å²) in [5, 5.41) is 12.0. The molecule has 1 aliphatic heterocycles. The Morgan fingerprint density at radius 2 is 1.86 bits per heavy atom. The number of hydrogen-bond donors (Lipinski definition) is 1.